The van der Waals surface area contributed by atoms with Gasteiger partial charge in [-0.05, 0) is 57.1 Å². The van der Waals surface area contributed by atoms with E-state index in [4.69, 9.17) is 0 Å². The van der Waals surface area contributed by atoms with Gasteiger partial charge < -0.3 is 25.8 Å². The molecular formula is C25H40N8O. The molecule has 1 rings (SSSR count). The summed E-state index contributed by atoms with van der Waals surface area (Å²) < 4.78 is 0. The molecule has 0 heterocycles. The zero-order valence-corrected chi connectivity index (χ0v) is 21.9. The Bertz CT molecular complexity index is 935. The van der Waals surface area contributed by atoms with Crippen molar-refractivity contribution in [3.8, 4) is 6.07 Å². The van der Waals surface area contributed by atoms with E-state index in [9.17, 15) is 10.1 Å². The lowest BCUT2D eigenvalue weighted by atomic mass is 9.96. The number of allylic oxidation sites excluding steroid dienone is 1. The number of hydrogen-bond acceptors (Lipinski definition) is 5. The van der Waals surface area contributed by atoms with E-state index in [1.807, 2.05) is 39.0 Å². The predicted octanol–water partition coefficient (Wildman–Crippen LogP) is 3.04. The Hall–Kier alpha value is -3.38. The number of aryl methyl sites for hydroxylation is 1. The second-order valence-corrected chi connectivity index (χ2v) is 9.58. The van der Waals surface area contributed by atoms with E-state index < -0.39 is 0 Å². The molecular weight excluding hydrogens is 428 g/mol. The second-order valence-electron chi connectivity index (χ2n) is 9.58. The maximum absolute atomic E-state index is 12.0. The van der Waals surface area contributed by atoms with Crippen LogP contribution in [0.5, 0.6) is 0 Å². The molecule has 9 heteroatoms. The third kappa shape index (κ3) is 11.0. The summed E-state index contributed by atoms with van der Waals surface area (Å²) in [7, 11) is 7.57. The van der Waals surface area contributed by atoms with Gasteiger partial charge in [0, 0.05) is 38.4 Å². The van der Waals surface area contributed by atoms with Gasteiger partial charge in [0.25, 0.3) is 5.91 Å². The Morgan fingerprint density at radius 2 is 1.94 bits per heavy atom. The highest BCUT2D eigenvalue weighted by Crippen LogP contribution is 2.18. The molecule has 0 fully saturated rings. The topological polar surface area (TPSA) is 108 Å². The van der Waals surface area contributed by atoms with Crippen LogP contribution in [-0.2, 0) is 0 Å². The van der Waals surface area contributed by atoms with Crippen molar-refractivity contribution in [3.63, 3.8) is 0 Å². The van der Waals surface area contributed by atoms with Crippen molar-refractivity contribution < 1.29 is 4.79 Å². The van der Waals surface area contributed by atoms with E-state index in [0.717, 1.165) is 30.8 Å². The van der Waals surface area contributed by atoms with Gasteiger partial charge >= 0.3 is 0 Å². The number of guanidine groups is 1. The van der Waals surface area contributed by atoms with Crippen LogP contribution in [-0.4, -0.2) is 75.8 Å². The number of hydrogen-bond donors (Lipinski definition) is 3. The maximum atomic E-state index is 12.0. The molecule has 3 N–H and O–H groups in total. The third-order valence-electron chi connectivity index (χ3n) is 4.72. The Morgan fingerprint density at radius 1 is 1.24 bits per heavy atom. The number of nitriles is 1. The summed E-state index contributed by atoms with van der Waals surface area (Å²) in [6, 6.07) is 7.52. The van der Waals surface area contributed by atoms with Crippen molar-refractivity contribution in [2.45, 2.75) is 34.1 Å². The molecule has 0 saturated carbocycles. The van der Waals surface area contributed by atoms with Crippen LogP contribution in [0.25, 0.3) is 0 Å². The SMILES string of the molecule is CNC(=O)c1ccc(C)c(N/C=N/C(=N\C(=C\C#N)N(C)CC(C)(C)C)NCCCN(C)C)c1. The zero-order valence-electron chi connectivity index (χ0n) is 21.9. The van der Waals surface area contributed by atoms with Gasteiger partial charge in [-0.15, -0.1) is 0 Å². The van der Waals surface area contributed by atoms with Crippen LogP contribution in [0.2, 0.25) is 0 Å². The summed E-state index contributed by atoms with van der Waals surface area (Å²) in [6.45, 7) is 10.7. The number of nitrogens with zero attached hydrogens (tertiary/aromatic N) is 5. The van der Waals surface area contributed by atoms with Gasteiger partial charge in [-0.3, -0.25) is 4.79 Å². The summed E-state index contributed by atoms with van der Waals surface area (Å²) in [4.78, 5) is 25.1. The lowest BCUT2D eigenvalue weighted by Gasteiger charge is -2.28. The first-order valence-electron chi connectivity index (χ1n) is 11.4. The van der Waals surface area contributed by atoms with Gasteiger partial charge in [0.1, 0.15) is 5.82 Å². The molecule has 34 heavy (non-hydrogen) atoms. The van der Waals surface area contributed by atoms with Gasteiger partial charge in [0.2, 0.25) is 5.96 Å². The molecule has 0 aromatic heterocycles. The first kappa shape index (κ1) is 28.7. The molecule has 0 aliphatic rings. The zero-order chi connectivity index (χ0) is 25.7. The Balaban J connectivity index is 3.13. The van der Waals surface area contributed by atoms with E-state index >= 15 is 0 Å². The Labute approximate surface area is 204 Å². The molecule has 0 saturated heterocycles. The quantitative estimate of drug-likeness (QED) is 0.211. The van der Waals surface area contributed by atoms with Gasteiger partial charge in [0.05, 0.1) is 18.5 Å². The number of carbonyl (C=O) groups is 1. The lowest BCUT2D eigenvalue weighted by Crippen LogP contribution is -2.31. The normalized spacial score (nSPS) is 12.6. The lowest BCUT2D eigenvalue weighted by molar-refractivity contribution is 0.0963. The smallest absolute Gasteiger partial charge is 0.251 e. The largest absolute Gasteiger partial charge is 0.358 e. The van der Waals surface area contributed by atoms with Crippen molar-refractivity contribution in [2.24, 2.45) is 15.4 Å². The number of nitrogens with one attached hydrogen (secondary N) is 3. The summed E-state index contributed by atoms with van der Waals surface area (Å²) in [5, 5.41) is 18.3. The van der Waals surface area contributed by atoms with E-state index in [1.165, 1.54) is 6.08 Å². The third-order valence-corrected chi connectivity index (χ3v) is 4.72. The summed E-state index contributed by atoms with van der Waals surface area (Å²) >= 11 is 0. The van der Waals surface area contributed by atoms with Crippen molar-refractivity contribution in [2.75, 3.05) is 53.1 Å². The Kier molecular flexibility index (Phi) is 11.8. The van der Waals surface area contributed by atoms with E-state index in [2.05, 4.69) is 57.7 Å². The van der Waals surface area contributed by atoms with Crippen LogP contribution in [0.4, 0.5) is 5.69 Å². The molecule has 9 nitrogen and oxygen atoms in total. The molecule has 1 aromatic rings. The van der Waals surface area contributed by atoms with Crippen LogP contribution in [0.3, 0.4) is 0 Å². The fraction of sp³-hybridized carbons (Fsp3) is 0.520. The van der Waals surface area contributed by atoms with Crippen molar-refractivity contribution in [1.82, 2.24) is 20.4 Å². The highest BCUT2D eigenvalue weighted by Gasteiger charge is 2.16. The summed E-state index contributed by atoms with van der Waals surface area (Å²) in [5.74, 6) is 0.772. The molecule has 0 aliphatic heterocycles. The van der Waals surface area contributed by atoms with Gasteiger partial charge in [-0.1, -0.05) is 26.8 Å². The van der Waals surface area contributed by atoms with Crippen molar-refractivity contribution >= 4 is 23.9 Å². The average Bonchev–Trinajstić information content (AvgIpc) is 2.75. The molecule has 186 valence electrons. The summed E-state index contributed by atoms with van der Waals surface area (Å²) in [5.41, 5.74) is 2.35. The van der Waals surface area contributed by atoms with Crippen LogP contribution in [0.15, 0.2) is 40.1 Å². The maximum Gasteiger partial charge on any atom is 0.251 e. The highest BCUT2D eigenvalue weighted by atomic mass is 16.1. The molecule has 0 unspecified atom stereocenters. The predicted molar refractivity (Wildman–Crippen MR) is 141 cm³/mol. The molecule has 0 spiro atoms. The van der Waals surface area contributed by atoms with Crippen LogP contribution in [0, 0.1) is 23.7 Å². The second kappa shape index (κ2) is 14.0. The number of anilines is 1. The minimum absolute atomic E-state index is 0.0380. The van der Waals surface area contributed by atoms with Gasteiger partial charge in [0.15, 0.2) is 0 Å². The monoisotopic (exact) mass is 468 g/mol. The Morgan fingerprint density at radius 3 is 2.53 bits per heavy atom. The number of amides is 1. The van der Waals surface area contributed by atoms with E-state index in [-0.39, 0.29) is 11.3 Å². The van der Waals surface area contributed by atoms with E-state index in [1.54, 1.807) is 25.5 Å². The molecule has 0 atom stereocenters. The first-order chi connectivity index (χ1) is 16.0. The van der Waals surface area contributed by atoms with E-state index in [0.29, 0.717) is 23.9 Å². The molecule has 1 amide bonds. The molecule has 1 aromatic carbocycles. The number of aliphatic imine (C=N–C) groups is 2. The number of carbonyl (C=O) groups excluding carboxylic acids is 1. The number of rotatable bonds is 10. The average molecular weight is 469 g/mol. The number of benzene rings is 1. The minimum Gasteiger partial charge on any atom is -0.358 e. The van der Waals surface area contributed by atoms with Crippen molar-refractivity contribution in [3.05, 3.63) is 41.2 Å². The molecule has 0 aliphatic carbocycles. The minimum atomic E-state index is -0.155. The van der Waals surface area contributed by atoms with Crippen LogP contribution < -0.4 is 16.0 Å². The fourth-order valence-corrected chi connectivity index (χ4v) is 3.12. The summed E-state index contributed by atoms with van der Waals surface area (Å²) in [6.07, 6.45) is 3.88. The first-order valence-corrected chi connectivity index (χ1v) is 11.4. The van der Waals surface area contributed by atoms with Gasteiger partial charge in [-0.2, -0.15) is 10.3 Å². The fourth-order valence-electron chi connectivity index (χ4n) is 3.12. The highest BCUT2D eigenvalue weighted by molar-refractivity contribution is 5.97. The molecule has 0 radical (unpaired) electrons. The standard InChI is InChI=1S/C25H40N8O/c1-19-10-11-20(23(34)27-5)16-21(19)29-18-30-24(28-14-9-15-32(6)7)31-22(12-13-26)33(8)17-25(2,3)4/h10-12,16,18H,9,14-15,17H2,1-8H3,(H,27,34)(H2,28,29,30,31)/b22-12-. The van der Waals surface area contributed by atoms with Crippen LogP contribution >= 0.6 is 0 Å². The molecule has 0 bridgehead atoms. The van der Waals surface area contributed by atoms with Gasteiger partial charge in [-0.25, -0.2) is 4.99 Å². The van der Waals surface area contributed by atoms with Crippen LogP contribution in [0.1, 0.15) is 43.1 Å². The van der Waals surface area contributed by atoms with Crippen molar-refractivity contribution in [1.29, 1.82) is 5.26 Å².